The number of hydrogen-bond acceptors (Lipinski definition) is 4. The summed E-state index contributed by atoms with van der Waals surface area (Å²) in [6.45, 7) is 7.02. The summed E-state index contributed by atoms with van der Waals surface area (Å²) in [7, 11) is 0. The molecule has 0 aromatic carbocycles. The first-order valence-electron chi connectivity index (χ1n) is 11.4. The van der Waals surface area contributed by atoms with E-state index in [-0.39, 0.29) is 17.3 Å². The maximum Gasteiger partial charge on any atom is 0.0759 e. The Morgan fingerprint density at radius 2 is 1.93 bits per heavy atom. The molecule has 3 fully saturated rings. The molecule has 4 nitrogen and oxygen atoms in total. The zero-order chi connectivity index (χ0) is 20.3. The van der Waals surface area contributed by atoms with Crippen LogP contribution in [0, 0.1) is 40.4 Å². The van der Waals surface area contributed by atoms with Crippen molar-refractivity contribution in [2.45, 2.75) is 90.8 Å². The van der Waals surface area contributed by atoms with Crippen molar-refractivity contribution in [3.8, 4) is 0 Å². The highest BCUT2D eigenvalue weighted by atomic mass is 16.4. The van der Waals surface area contributed by atoms with E-state index in [0.717, 1.165) is 24.8 Å². The molecule has 0 amide bonds. The normalized spacial score (nSPS) is 48.8. The van der Waals surface area contributed by atoms with E-state index in [1.54, 1.807) is 0 Å². The van der Waals surface area contributed by atoms with E-state index in [0.29, 0.717) is 36.0 Å². The molecule has 4 aliphatic carbocycles. The van der Waals surface area contributed by atoms with Crippen LogP contribution in [0.15, 0.2) is 11.6 Å². The molecular weight excluding hydrogens is 352 g/mol. The molecule has 4 rings (SSSR count). The van der Waals surface area contributed by atoms with Crippen LogP contribution in [0.2, 0.25) is 0 Å². The van der Waals surface area contributed by atoms with E-state index in [4.69, 9.17) is 0 Å². The number of aliphatic hydroxyl groups is 2. The third-order valence-electron chi connectivity index (χ3n) is 9.66. The zero-order valence-corrected chi connectivity index (χ0v) is 17.7. The molecule has 0 saturated heterocycles. The number of carbonyl (C=O) groups is 1. The molecule has 9 atom stereocenters. The minimum absolute atomic E-state index is 0.0293. The van der Waals surface area contributed by atoms with Crippen molar-refractivity contribution in [2.24, 2.45) is 40.4 Å². The second kappa shape index (κ2) is 7.12. The van der Waals surface area contributed by atoms with Gasteiger partial charge in [0, 0.05) is 5.97 Å². The van der Waals surface area contributed by atoms with Crippen LogP contribution >= 0.6 is 0 Å². The van der Waals surface area contributed by atoms with E-state index >= 15 is 0 Å². The molecule has 0 heterocycles. The number of hydrogen-bond donors (Lipinski definition) is 2. The molecule has 0 aromatic rings. The second-order valence-electron chi connectivity index (χ2n) is 10.9. The highest BCUT2D eigenvalue weighted by Crippen LogP contribution is 2.67. The SMILES string of the molecule is C[C@@H](CCC(=O)[O-])[C@@H]1CC[C@H]2[C@H]3C[C@H](O)C4=C[C@H](O)CC[C@@]4(C)[C@@H]3CC[C@@]21C. The van der Waals surface area contributed by atoms with Gasteiger partial charge in [-0.05, 0) is 104 Å². The van der Waals surface area contributed by atoms with Crippen molar-refractivity contribution in [3.63, 3.8) is 0 Å². The molecule has 0 bridgehead atoms. The van der Waals surface area contributed by atoms with Gasteiger partial charge < -0.3 is 20.1 Å². The van der Waals surface area contributed by atoms with Gasteiger partial charge in [0.05, 0.1) is 12.2 Å². The Labute approximate surface area is 169 Å². The topological polar surface area (TPSA) is 80.6 Å². The Bertz CT molecular complexity index is 657. The lowest BCUT2D eigenvalue weighted by molar-refractivity contribution is -0.306. The summed E-state index contributed by atoms with van der Waals surface area (Å²) < 4.78 is 0. The van der Waals surface area contributed by atoms with Crippen LogP contribution < -0.4 is 5.11 Å². The fourth-order valence-corrected chi connectivity index (χ4v) is 8.28. The third-order valence-corrected chi connectivity index (χ3v) is 9.66. The summed E-state index contributed by atoms with van der Waals surface area (Å²) in [4.78, 5) is 10.9. The third kappa shape index (κ3) is 3.06. The average molecular weight is 390 g/mol. The molecule has 0 unspecified atom stereocenters. The smallest absolute Gasteiger partial charge is 0.0759 e. The quantitative estimate of drug-likeness (QED) is 0.724. The minimum atomic E-state index is -0.933. The Balaban J connectivity index is 1.57. The summed E-state index contributed by atoms with van der Waals surface area (Å²) in [5, 5.41) is 32.1. The summed E-state index contributed by atoms with van der Waals surface area (Å²) in [5.74, 6) is 1.83. The predicted molar refractivity (Wildman–Crippen MR) is 106 cm³/mol. The van der Waals surface area contributed by atoms with Gasteiger partial charge in [-0.2, -0.15) is 0 Å². The fraction of sp³-hybridized carbons (Fsp3) is 0.875. The second-order valence-corrected chi connectivity index (χ2v) is 10.9. The zero-order valence-electron chi connectivity index (χ0n) is 17.7. The molecule has 0 aromatic heterocycles. The summed E-state index contributed by atoms with van der Waals surface area (Å²) in [6.07, 6.45) is 9.44. The Kier molecular flexibility index (Phi) is 5.19. The van der Waals surface area contributed by atoms with E-state index in [1.807, 2.05) is 6.08 Å². The van der Waals surface area contributed by atoms with Gasteiger partial charge in [0.15, 0.2) is 0 Å². The Morgan fingerprint density at radius 1 is 1.18 bits per heavy atom. The largest absolute Gasteiger partial charge is 0.550 e. The van der Waals surface area contributed by atoms with Crippen molar-refractivity contribution in [1.82, 2.24) is 0 Å². The Morgan fingerprint density at radius 3 is 2.64 bits per heavy atom. The van der Waals surface area contributed by atoms with E-state index in [2.05, 4.69) is 20.8 Å². The number of aliphatic hydroxyl groups excluding tert-OH is 2. The van der Waals surface area contributed by atoms with Crippen molar-refractivity contribution in [3.05, 3.63) is 11.6 Å². The molecule has 0 aliphatic heterocycles. The number of aliphatic carboxylic acids is 1. The molecular formula is C24H37O4-. The Hall–Kier alpha value is -0.870. The molecule has 0 radical (unpaired) electrons. The number of carbonyl (C=O) groups excluding carboxylic acids is 1. The first-order chi connectivity index (χ1) is 13.2. The predicted octanol–water partition coefficient (Wildman–Crippen LogP) is 3.06. The average Bonchev–Trinajstić information content (AvgIpc) is 2.99. The van der Waals surface area contributed by atoms with Crippen molar-refractivity contribution >= 4 is 5.97 Å². The lowest BCUT2D eigenvalue weighted by atomic mass is 9.46. The van der Waals surface area contributed by atoms with Crippen LogP contribution in [0.3, 0.4) is 0 Å². The van der Waals surface area contributed by atoms with Gasteiger partial charge in [-0.3, -0.25) is 0 Å². The molecule has 3 saturated carbocycles. The highest BCUT2D eigenvalue weighted by Gasteiger charge is 2.60. The van der Waals surface area contributed by atoms with Gasteiger partial charge in [0.2, 0.25) is 0 Å². The maximum absolute atomic E-state index is 11.0. The standard InChI is InChI=1S/C24H38O4/c1-14(4-7-22(27)28)17-5-6-18-16-13-21(26)20-12-15(25)8-10-24(20,3)19(16)9-11-23(17,18)2/h12,14-19,21,25-26H,4-11,13H2,1-3H3,(H,27,28)/p-1/t14-,15+,16+,17-,18-,19+,21-,23+,24-/m0/s1. The lowest BCUT2D eigenvalue weighted by Gasteiger charge is -2.60. The van der Waals surface area contributed by atoms with Crippen LogP contribution in [0.5, 0.6) is 0 Å². The minimum Gasteiger partial charge on any atom is -0.550 e. The van der Waals surface area contributed by atoms with Crippen molar-refractivity contribution in [2.75, 3.05) is 0 Å². The van der Waals surface area contributed by atoms with Crippen LogP contribution in [0.1, 0.15) is 78.6 Å². The maximum atomic E-state index is 11.0. The van der Waals surface area contributed by atoms with Gasteiger partial charge in [-0.25, -0.2) is 0 Å². The first kappa shape index (κ1) is 20.4. The van der Waals surface area contributed by atoms with E-state index < -0.39 is 18.2 Å². The molecule has 2 N–H and O–H groups in total. The van der Waals surface area contributed by atoms with Gasteiger partial charge in [-0.15, -0.1) is 0 Å². The van der Waals surface area contributed by atoms with E-state index in [9.17, 15) is 20.1 Å². The van der Waals surface area contributed by atoms with Crippen molar-refractivity contribution in [1.29, 1.82) is 0 Å². The van der Waals surface area contributed by atoms with Gasteiger partial charge in [0.25, 0.3) is 0 Å². The van der Waals surface area contributed by atoms with Gasteiger partial charge in [0.1, 0.15) is 0 Å². The molecule has 0 spiro atoms. The first-order valence-corrected chi connectivity index (χ1v) is 11.4. The number of carboxylic acid groups (broad SMARTS) is 1. The number of fused-ring (bicyclic) bond motifs is 5. The van der Waals surface area contributed by atoms with Gasteiger partial charge in [-0.1, -0.05) is 26.8 Å². The molecule has 28 heavy (non-hydrogen) atoms. The molecule has 158 valence electrons. The van der Waals surface area contributed by atoms with Crippen molar-refractivity contribution < 1.29 is 20.1 Å². The fourth-order valence-electron chi connectivity index (χ4n) is 8.28. The molecule has 4 aliphatic rings. The van der Waals surface area contributed by atoms with Crippen LogP contribution in [-0.4, -0.2) is 28.4 Å². The number of carboxylic acids is 1. The van der Waals surface area contributed by atoms with Crippen LogP contribution in [0.4, 0.5) is 0 Å². The number of rotatable bonds is 4. The van der Waals surface area contributed by atoms with Crippen LogP contribution in [-0.2, 0) is 4.79 Å². The summed E-state index contributed by atoms with van der Waals surface area (Å²) in [5.41, 5.74) is 1.40. The lowest BCUT2D eigenvalue weighted by Crippen LogP contribution is -2.54. The molecule has 4 heteroatoms. The summed E-state index contributed by atoms with van der Waals surface area (Å²) >= 11 is 0. The van der Waals surface area contributed by atoms with Gasteiger partial charge >= 0.3 is 0 Å². The van der Waals surface area contributed by atoms with E-state index in [1.165, 1.54) is 25.7 Å². The summed E-state index contributed by atoms with van der Waals surface area (Å²) in [6, 6.07) is 0. The highest BCUT2D eigenvalue weighted by molar-refractivity contribution is 5.64. The van der Waals surface area contributed by atoms with Crippen LogP contribution in [0.25, 0.3) is 0 Å². The monoisotopic (exact) mass is 389 g/mol.